The minimum Gasteiger partial charge on any atom is -0.497 e. The minimum atomic E-state index is 0.0633. The molecule has 1 atom stereocenters. The van der Waals surface area contributed by atoms with Crippen LogP contribution in [0.5, 0.6) is 5.75 Å². The van der Waals surface area contributed by atoms with Gasteiger partial charge in [0.1, 0.15) is 5.75 Å². The number of nitrogens with zero attached hydrogens (tertiary/aromatic N) is 1. The van der Waals surface area contributed by atoms with Crippen molar-refractivity contribution in [3.05, 3.63) is 29.8 Å². The van der Waals surface area contributed by atoms with E-state index in [4.69, 9.17) is 4.74 Å². The van der Waals surface area contributed by atoms with Gasteiger partial charge in [0.25, 0.3) is 0 Å². The smallest absolute Gasteiger partial charge is 0.118 e. The second-order valence-corrected chi connectivity index (χ2v) is 4.42. The van der Waals surface area contributed by atoms with Gasteiger partial charge in [-0.25, -0.2) is 0 Å². The van der Waals surface area contributed by atoms with Crippen LogP contribution in [0, 0.1) is 17.2 Å². The fourth-order valence-corrected chi connectivity index (χ4v) is 2.55. The lowest BCUT2D eigenvalue weighted by Crippen LogP contribution is -2.07. The number of hydrogen-bond donors (Lipinski definition) is 0. The molecular weight excluding hydrogens is 198 g/mol. The summed E-state index contributed by atoms with van der Waals surface area (Å²) in [5.41, 5.74) is 1.13. The molecule has 0 amide bonds. The van der Waals surface area contributed by atoms with Crippen molar-refractivity contribution in [2.75, 3.05) is 7.11 Å². The van der Waals surface area contributed by atoms with E-state index in [0.717, 1.165) is 11.3 Å². The number of ether oxygens (including phenoxy) is 1. The molecule has 16 heavy (non-hydrogen) atoms. The van der Waals surface area contributed by atoms with Gasteiger partial charge >= 0.3 is 0 Å². The summed E-state index contributed by atoms with van der Waals surface area (Å²) in [4.78, 5) is 0. The van der Waals surface area contributed by atoms with E-state index in [9.17, 15) is 5.26 Å². The summed E-state index contributed by atoms with van der Waals surface area (Å²) < 4.78 is 5.13. The lowest BCUT2D eigenvalue weighted by atomic mass is 9.86. The SMILES string of the molecule is COc1ccc(C(C#N)C2CCCC2)cc1. The third-order valence-electron chi connectivity index (χ3n) is 3.49. The van der Waals surface area contributed by atoms with Gasteiger partial charge in [0.2, 0.25) is 0 Å². The van der Waals surface area contributed by atoms with Crippen molar-refractivity contribution in [1.82, 2.24) is 0 Å². The molecule has 2 nitrogen and oxygen atoms in total. The van der Waals surface area contributed by atoms with Crippen molar-refractivity contribution >= 4 is 0 Å². The number of benzene rings is 1. The molecule has 0 spiro atoms. The Labute approximate surface area is 96.9 Å². The average Bonchev–Trinajstić information content (AvgIpc) is 2.85. The number of methoxy groups -OCH3 is 1. The van der Waals surface area contributed by atoms with E-state index in [1.807, 2.05) is 24.3 Å². The minimum absolute atomic E-state index is 0.0633. The average molecular weight is 215 g/mol. The Morgan fingerprint density at radius 1 is 1.25 bits per heavy atom. The highest BCUT2D eigenvalue weighted by Crippen LogP contribution is 2.37. The summed E-state index contributed by atoms with van der Waals surface area (Å²) in [7, 11) is 1.66. The lowest BCUT2D eigenvalue weighted by molar-refractivity contribution is 0.414. The molecule has 0 aliphatic heterocycles. The molecule has 0 bridgehead atoms. The van der Waals surface area contributed by atoms with E-state index >= 15 is 0 Å². The van der Waals surface area contributed by atoms with Crippen molar-refractivity contribution in [2.45, 2.75) is 31.6 Å². The van der Waals surface area contributed by atoms with Gasteiger partial charge in [-0.05, 0) is 36.5 Å². The molecule has 1 aromatic carbocycles. The normalized spacial score (nSPS) is 18.0. The molecule has 1 saturated carbocycles. The fourth-order valence-electron chi connectivity index (χ4n) is 2.55. The summed E-state index contributed by atoms with van der Waals surface area (Å²) in [6.45, 7) is 0. The fraction of sp³-hybridized carbons (Fsp3) is 0.500. The Morgan fingerprint density at radius 2 is 1.88 bits per heavy atom. The molecule has 0 aromatic heterocycles. The zero-order valence-corrected chi connectivity index (χ0v) is 9.65. The highest BCUT2D eigenvalue weighted by Gasteiger charge is 2.25. The van der Waals surface area contributed by atoms with Gasteiger partial charge in [-0.2, -0.15) is 5.26 Å². The highest BCUT2D eigenvalue weighted by molar-refractivity contribution is 5.32. The zero-order chi connectivity index (χ0) is 11.4. The van der Waals surface area contributed by atoms with Crippen LogP contribution in [0.4, 0.5) is 0 Å². The maximum atomic E-state index is 9.29. The van der Waals surface area contributed by atoms with Crippen LogP contribution in [-0.2, 0) is 0 Å². The number of nitriles is 1. The van der Waals surface area contributed by atoms with Gasteiger partial charge in [0, 0.05) is 0 Å². The first-order chi connectivity index (χ1) is 7.85. The quantitative estimate of drug-likeness (QED) is 0.773. The Kier molecular flexibility index (Phi) is 3.46. The van der Waals surface area contributed by atoms with Crippen LogP contribution in [0.2, 0.25) is 0 Å². The summed E-state index contributed by atoms with van der Waals surface area (Å²) in [6.07, 6.45) is 4.95. The molecule has 0 saturated heterocycles. The van der Waals surface area contributed by atoms with Gasteiger partial charge in [-0.15, -0.1) is 0 Å². The second-order valence-electron chi connectivity index (χ2n) is 4.42. The van der Waals surface area contributed by atoms with Crippen LogP contribution in [0.1, 0.15) is 37.2 Å². The van der Waals surface area contributed by atoms with E-state index in [1.165, 1.54) is 25.7 Å². The molecule has 2 rings (SSSR count). The Morgan fingerprint density at radius 3 is 2.38 bits per heavy atom. The molecule has 1 aromatic rings. The third-order valence-corrected chi connectivity index (χ3v) is 3.49. The molecule has 1 aliphatic rings. The third kappa shape index (κ3) is 2.19. The van der Waals surface area contributed by atoms with Crippen LogP contribution in [0.25, 0.3) is 0 Å². The first kappa shape index (κ1) is 11.0. The van der Waals surface area contributed by atoms with Crippen molar-refractivity contribution < 1.29 is 4.74 Å². The predicted octanol–water partition coefficient (Wildman–Crippen LogP) is 3.49. The maximum absolute atomic E-state index is 9.29. The van der Waals surface area contributed by atoms with Gasteiger partial charge < -0.3 is 4.74 Å². The van der Waals surface area contributed by atoms with E-state index in [0.29, 0.717) is 5.92 Å². The van der Waals surface area contributed by atoms with Crippen molar-refractivity contribution in [3.8, 4) is 11.8 Å². The first-order valence-corrected chi connectivity index (χ1v) is 5.88. The molecule has 0 N–H and O–H groups in total. The van der Waals surface area contributed by atoms with Gasteiger partial charge in [0.05, 0.1) is 19.1 Å². The summed E-state index contributed by atoms with van der Waals surface area (Å²) in [5.74, 6) is 1.47. The van der Waals surface area contributed by atoms with Crippen LogP contribution >= 0.6 is 0 Å². The Bertz CT molecular complexity index is 371. The largest absolute Gasteiger partial charge is 0.497 e. The molecule has 84 valence electrons. The van der Waals surface area contributed by atoms with Gasteiger partial charge in [0.15, 0.2) is 0 Å². The molecule has 0 radical (unpaired) electrons. The van der Waals surface area contributed by atoms with Crippen molar-refractivity contribution in [3.63, 3.8) is 0 Å². The summed E-state index contributed by atoms with van der Waals surface area (Å²) >= 11 is 0. The monoisotopic (exact) mass is 215 g/mol. The van der Waals surface area contributed by atoms with Crippen LogP contribution < -0.4 is 4.74 Å². The standard InChI is InChI=1S/C14H17NO/c1-16-13-8-6-12(7-9-13)14(10-15)11-4-2-3-5-11/h6-9,11,14H,2-5H2,1H3. The van der Waals surface area contributed by atoms with E-state index < -0.39 is 0 Å². The second kappa shape index (κ2) is 5.03. The molecule has 1 fully saturated rings. The lowest BCUT2D eigenvalue weighted by Gasteiger charge is -2.16. The molecular formula is C14H17NO. The van der Waals surface area contributed by atoms with Crippen LogP contribution in [-0.4, -0.2) is 7.11 Å². The van der Waals surface area contributed by atoms with E-state index in [2.05, 4.69) is 6.07 Å². The summed E-state index contributed by atoms with van der Waals surface area (Å²) in [6, 6.07) is 10.4. The molecule has 2 heteroatoms. The van der Waals surface area contributed by atoms with E-state index in [-0.39, 0.29) is 5.92 Å². The van der Waals surface area contributed by atoms with Crippen LogP contribution in [0.3, 0.4) is 0 Å². The van der Waals surface area contributed by atoms with Crippen molar-refractivity contribution in [1.29, 1.82) is 5.26 Å². The predicted molar refractivity (Wildman–Crippen MR) is 63.3 cm³/mol. The number of hydrogen-bond acceptors (Lipinski definition) is 2. The molecule has 0 heterocycles. The summed E-state index contributed by atoms with van der Waals surface area (Å²) in [5, 5.41) is 9.29. The topological polar surface area (TPSA) is 33.0 Å². The molecule has 1 unspecified atom stereocenters. The van der Waals surface area contributed by atoms with E-state index in [1.54, 1.807) is 7.11 Å². The first-order valence-electron chi connectivity index (χ1n) is 5.88. The Balaban J connectivity index is 2.16. The Hall–Kier alpha value is -1.49. The van der Waals surface area contributed by atoms with Gasteiger partial charge in [-0.3, -0.25) is 0 Å². The molecule has 1 aliphatic carbocycles. The van der Waals surface area contributed by atoms with Crippen LogP contribution in [0.15, 0.2) is 24.3 Å². The van der Waals surface area contributed by atoms with Crippen molar-refractivity contribution in [2.24, 2.45) is 5.92 Å². The number of rotatable bonds is 3. The van der Waals surface area contributed by atoms with Gasteiger partial charge in [-0.1, -0.05) is 25.0 Å². The zero-order valence-electron chi connectivity index (χ0n) is 9.65. The highest BCUT2D eigenvalue weighted by atomic mass is 16.5. The maximum Gasteiger partial charge on any atom is 0.118 e.